The zero-order valence-electron chi connectivity index (χ0n) is 14.8. The number of carbonyl (C=O) groups is 2. The molecule has 25 heavy (non-hydrogen) atoms. The number of fused-ring (bicyclic) bond motifs is 1. The van der Waals surface area contributed by atoms with Gasteiger partial charge in [-0.05, 0) is 45.4 Å². The molecule has 2 amide bonds. The first-order valence-electron chi connectivity index (χ1n) is 8.31. The van der Waals surface area contributed by atoms with E-state index in [0.717, 1.165) is 23.5 Å². The summed E-state index contributed by atoms with van der Waals surface area (Å²) >= 11 is 0. The fraction of sp³-hybridized carbons (Fsp3) is 0.389. The van der Waals surface area contributed by atoms with Crippen LogP contribution in [0.25, 0.3) is 0 Å². The van der Waals surface area contributed by atoms with Gasteiger partial charge in [0.05, 0.1) is 29.2 Å². The van der Waals surface area contributed by atoms with Gasteiger partial charge in [0, 0.05) is 6.54 Å². The number of hydrogen-bond acceptors (Lipinski definition) is 4. The van der Waals surface area contributed by atoms with Crippen molar-refractivity contribution < 1.29 is 14.3 Å². The van der Waals surface area contributed by atoms with Crippen LogP contribution < -0.4 is 15.4 Å². The highest BCUT2D eigenvalue weighted by Gasteiger charge is 2.30. The minimum absolute atomic E-state index is 0.0602. The van der Waals surface area contributed by atoms with E-state index in [1.165, 1.54) is 0 Å². The van der Waals surface area contributed by atoms with Gasteiger partial charge in [-0.1, -0.05) is 6.07 Å². The number of aromatic nitrogens is 2. The molecule has 1 aromatic heterocycles. The van der Waals surface area contributed by atoms with Crippen molar-refractivity contribution in [1.29, 1.82) is 0 Å². The van der Waals surface area contributed by atoms with Gasteiger partial charge in [-0.2, -0.15) is 5.10 Å². The minimum atomic E-state index is -0.850. The van der Waals surface area contributed by atoms with E-state index in [9.17, 15) is 9.59 Å². The Balaban J connectivity index is 1.70. The van der Waals surface area contributed by atoms with Gasteiger partial charge < -0.3 is 15.4 Å². The second kappa shape index (κ2) is 6.58. The molecule has 0 aliphatic carbocycles. The molecule has 1 aliphatic rings. The van der Waals surface area contributed by atoms with E-state index >= 15 is 0 Å². The summed E-state index contributed by atoms with van der Waals surface area (Å²) in [6.45, 7) is 8.41. The number of nitrogens with zero attached hydrogens (tertiary/aromatic N) is 2. The van der Waals surface area contributed by atoms with Crippen LogP contribution in [-0.4, -0.2) is 27.7 Å². The highest BCUT2D eigenvalue weighted by Crippen LogP contribution is 2.31. The zero-order chi connectivity index (χ0) is 18.1. The van der Waals surface area contributed by atoms with Gasteiger partial charge >= 0.3 is 0 Å². The molecule has 7 nitrogen and oxygen atoms in total. The van der Waals surface area contributed by atoms with Gasteiger partial charge in [-0.3, -0.25) is 14.3 Å². The summed E-state index contributed by atoms with van der Waals surface area (Å²) in [7, 11) is 0. The van der Waals surface area contributed by atoms with Crippen LogP contribution in [0.1, 0.15) is 30.3 Å². The summed E-state index contributed by atoms with van der Waals surface area (Å²) in [5.41, 5.74) is 4.00. The number of anilines is 2. The van der Waals surface area contributed by atoms with Gasteiger partial charge in [0.2, 0.25) is 5.91 Å². The fourth-order valence-corrected chi connectivity index (χ4v) is 2.94. The summed E-state index contributed by atoms with van der Waals surface area (Å²) in [5, 5.41) is 10.0. The average Bonchev–Trinajstić information content (AvgIpc) is 2.83. The second-order valence-electron chi connectivity index (χ2n) is 6.21. The molecule has 0 saturated carbocycles. The SMILES string of the molecule is CCn1nc(C)c(NC(=O)CC2Oc3ccc(C)cc3NC2=O)c1C. The van der Waals surface area contributed by atoms with Crippen LogP contribution >= 0.6 is 0 Å². The number of benzene rings is 1. The molecule has 1 aliphatic heterocycles. The maximum Gasteiger partial charge on any atom is 0.266 e. The van der Waals surface area contributed by atoms with Crippen LogP contribution in [0.4, 0.5) is 11.4 Å². The van der Waals surface area contributed by atoms with Crippen molar-refractivity contribution in [3.8, 4) is 5.75 Å². The molecule has 7 heteroatoms. The molecule has 3 rings (SSSR count). The quantitative estimate of drug-likeness (QED) is 0.894. The van der Waals surface area contributed by atoms with Gasteiger partial charge in [0.15, 0.2) is 6.10 Å². The summed E-state index contributed by atoms with van der Waals surface area (Å²) in [4.78, 5) is 24.6. The Kier molecular flexibility index (Phi) is 4.48. The molecule has 1 atom stereocenters. The maximum absolute atomic E-state index is 12.4. The lowest BCUT2D eigenvalue weighted by atomic mass is 10.1. The number of ether oxygens (including phenoxy) is 1. The van der Waals surface area contributed by atoms with Crippen molar-refractivity contribution in [2.75, 3.05) is 10.6 Å². The van der Waals surface area contributed by atoms with Crippen molar-refractivity contribution in [3.63, 3.8) is 0 Å². The third-order valence-corrected chi connectivity index (χ3v) is 4.27. The van der Waals surface area contributed by atoms with Gasteiger partial charge in [0.1, 0.15) is 5.75 Å². The molecule has 0 saturated heterocycles. The molecule has 2 heterocycles. The fourth-order valence-electron chi connectivity index (χ4n) is 2.94. The van der Waals surface area contributed by atoms with Crippen LogP contribution in [0, 0.1) is 20.8 Å². The van der Waals surface area contributed by atoms with E-state index in [2.05, 4.69) is 15.7 Å². The Morgan fingerprint density at radius 3 is 2.80 bits per heavy atom. The summed E-state index contributed by atoms with van der Waals surface area (Å²) in [5.74, 6) is -0.0160. The Labute approximate surface area is 146 Å². The number of hydrogen-bond donors (Lipinski definition) is 2. The van der Waals surface area contributed by atoms with E-state index in [4.69, 9.17) is 4.74 Å². The minimum Gasteiger partial charge on any atom is -0.478 e. The van der Waals surface area contributed by atoms with Crippen molar-refractivity contribution in [3.05, 3.63) is 35.2 Å². The normalized spacial score (nSPS) is 16.0. The van der Waals surface area contributed by atoms with Gasteiger partial charge in [-0.15, -0.1) is 0 Å². The summed E-state index contributed by atoms with van der Waals surface area (Å²) in [6, 6.07) is 5.54. The Morgan fingerprint density at radius 1 is 1.36 bits per heavy atom. The Morgan fingerprint density at radius 2 is 2.12 bits per heavy atom. The van der Waals surface area contributed by atoms with E-state index in [1.807, 2.05) is 44.5 Å². The second-order valence-corrected chi connectivity index (χ2v) is 6.21. The lowest BCUT2D eigenvalue weighted by Crippen LogP contribution is -2.39. The smallest absolute Gasteiger partial charge is 0.266 e. The molecule has 0 bridgehead atoms. The van der Waals surface area contributed by atoms with Crippen molar-refractivity contribution in [2.45, 2.75) is 46.8 Å². The lowest BCUT2D eigenvalue weighted by molar-refractivity contribution is -0.128. The average molecular weight is 342 g/mol. The number of carbonyl (C=O) groups excluding carboxylic acids is 2. The molecule has 1 aromatic carbocycles. The van der Waals surface area contributed by atoms with E-state index < -0.39 is 6.10 Å². The molecule has 0 radical (unpaired) electrons. The highest BCUT2D eigenvalue weighted by molar-refractivity contribution is 6.02. The summed E-state index contributed by atoms with van der Waals surface area (Å²) < 4.78 is 7.53. The van der Waals surface area contributed by atoms with Crippen molar-refractivity contribution in [2.24, 2.45) is 0 Å². The first-order valence-corrected chi connectivity index (χ1v) is 8.31. The van der Waals surface area contributed by atoms with Crippen LogP contribution in [0.3, 0.4) is 0 Å². The van der Waals surface area contributed by atoms with E-state index in [1.54, 1.807) is 6.07 Å². The topological polar surface area (TPSA) is 85.2 Å². The molecular weight excluding hydrogens is 320 g/mol. The number of rotatable bonds is 4. The van der Waals surface area contributed by atoms with Crippen LogP contribution in [-0.2, 0) is 16.1 Å². The van der Waals surface area contributed by atoms with Gasteiger partial charge in [-0.25, -0.2) is 0 Å². The van der Waals surface area contributed by atoms with Gasteiger partial charge in [0.25, 0.3) is 5.91 Å². The maximum atomic E-state index is 12.4. The molecule has 2 aromatic rings. The zero-order valence-corrected chi connectivity index (χ0v) is 14.8. The first-order chi connectivity index (χ1) is 11.9. The molecule has 132 valence electrons. The van der Waals surface area contributed by atoms with Crippen LogP contribution in [0.15, 0.2) is 18.2 Å². The summed E-state index contributed by atoms with van der Waals surface area (Å²) in [6.07, 6.45) is -0.910. The Hall–Kier alpha value is -2.83. The van der Waals surface area contributed by atoms with Crippen LogP contribution in [0.5, 0.6) is 5.75 Å². The predicted octanol–water partition coefficient (Wildman–Crippen LogP) is 2.56. The molecule has 0 fully saturated rings. The largest absolute Gasteiger partial charge is 0.478 e. The van der Waals surface area contributed by atoms with Crippen molar-refractivity contribution in [1.82, 2.24) is 9.78 Å². The first kappa shape index (κ1) is 17.0. The standard InChI is InChI=1S/C18H22N4O3/c1-5-22-12(4)17(11(3)21-22)20-16(23)9-15-18(24)19-13-8-10(2)6-7-14(13)25-15/h6-8,15H,5,9H2,1-4H3,(H,19,24)(H,20,23). The Bertz CT molecular complexity index is 841. The number of aryl methyl sites for hydroxylation is 3. The van der Waals surface area contributed by atoms with Crippen molar-refractivity contribution >= 4 is 23.2 Å². The molecule has 0 spiro atoms. The van der Waals surface area contributed by atoms with E-state index in [-0.39, 0.29) is 18.2 Å². The van der Waals surface area contributed by atoms with Crippen LogP contribution in [0.2, 0.25) is 0 Å². The third kappa shape index (κ3) is 3.35. The number of nitrogens with one attached hydrogen (secondary N) is 2. The molecular formula is C18H22N4O3. The lowest BCUT2D eigenvalue weighted by Gasteiger charge is -2.25. The van der Waals surface area contributed by atoms with E-state index in [0.29, 0.717) is 17.1 Å². The predicted molar refractivity (Wildman–Crippen MR) is 94.8 cm³/mol. The monoisotopic (exact) mass is 342 g/mol. The molecule has 2 N–H and O–H groups in total. The third-order valence-electron chi connectivity index (χ3n) is 4.27. The highest BCUT2D eigenvalue weighted by atomic mass is 16.5. The molecule has 1 unspecified atom stereocenters. The number of amides is 2.